The highest BCUT2D eigenvalue weighted by Gasteiger charge is 2.16. The van der Waals surface area contributed by atoms with Gasteiger partial charge in [0.1, 0.15) is 0 Å². The predicted molar refractivity (Wildman–Crippen MR) is 108 cm³/mol. The van der Waals surface area contributed by atoms with Crippen molar-refractivity contribution in [1.29, 1.82) is 0 Å². The number of aromatic amines is 1. The molecule has 148 valence electrons. The first-order valence-corrected chi connectivity index (χ1v) is 9.64. The van der Waals surface area contributed by atoms with Gasteiger partial charge < -0.3 is 14.9 Å². The summed E-state index contributed by atoms with van der Waals surface area (Å²) in [6, 6.07) is 9.71. The highest BCUT2D eigenvalue weighted by Crippen LogP contribution is 2.34. The molecule has 0 spiro atoms. The average Bonchev–Trinajstić information content (AvgIpc) is 3.29. The molecule has 0 saturated heterocycles. The fraction of sp³-hybridized carbons (Fsp3) is 0.105. The number of nitrogens with zero attached hydrogens (tertiary/aromatic N) is 3. The summed E-state index contributed by atoms with van der Waals surface area (Å²) in [5, 5.41) is 4.05. The Balaban J connectivity index is 1.61. The van der Waals surface area contributed by atoms with E-state index in [2.05, 4.69) is 20.3 Å². The minimum Gasteiger partial charge on any atom is -0.337 e. The Hall–Kier alpha value is -2.91. The largest absolute Gasteiger partial charge is 0.337 e. The van der Waals surface area contributed by atoms with Gasteiger partial charge in [-0.25, -0.2) is 18.7 Å². The zero-order chi connectivity index (χ0) is 20.5. The molecule has 0 aliphatic carbocycles. The molecular formula is C19H14ClF2N5OS. The Kier molecular flexibility index (Phi) is 5.25. The Bertz CT molecular complexity index is 1210. The second-order valence-electron chi connectivity index (χ2n) is 6.17. The summed E-state index contributed by atoms with van der Waals surface area (Å²) in [6.07, 6.45) is 0.796. The summed E-state index contributed by atoms with van der Waals surface area (Å²) in [6.45, 7) is 0. The predicted octanol–water partition coefficient (Wildman–Crippen LogP) is 5.29. The molecule has 0 aliphatic heterocycles. The zero-order valence-electron chi connectivity index (χ0n) is 15.0. The van der Waals surface area contributed by atoms with Crippen molar-refractivity contribution >= 4 is 46.0 Å². The zero-order valence-corrected chi connectivity index (χ0v) is 16.6. The summed E-state index contributed by atoms with van der Waals surface area (Å²) < 4.78 is 27.5. The van der Waals surface area contributed by atoms with Crippen LogP contribution in [0.15, 0.2) is 58.8 Å². The monoisotopic (exact) mass is 433 g/mol. The number of carbonyl (C=O) groups excluding carboxylic acids is 1. The Morgan fingerprint density at radius 3 is 2.83 bits per heavy atom. The molecule has 0 unspecified atom stereocenters. The maximum absolute atomic E-state index is 12.8. The van der Waals surface area contributed by atoms with Crippen LogP contribution in [-0.2, 0) is 7.05 Å². The quantitative estimate of drug-likeness (QED) is 0.448. The van der Waals surface area contributed by atoms with Gasteiger partial charge in [0.2, 0.25) is 0 Å². The number of amides is 1. The highest BCUT2D eigenvalue weighted by atomic mass is 35.5. The average molecular weight is 434 g/mol. The van der Waals surface area contributed by atoms with E-state index >= 15 is 0 Å². The van der Waals surface area contributed by atoms with Crippen molar-refractivity contribution in [3.63, 3.8) is 0 Å². The lowest BCUT2D eigenvalue weighted by atomic mass is 10.2. The highest BCUT2D eigenvalue weighted by molar-refractivity contribution is 7.99. The Labute approximate surface area is 173 Å². The van der Waals surface area contributed by atoms with Crippen LogP contribution in [0.1, 0.15) is 22.6 Å². The van der Waals surface area contributed by atoms with Gasteiger partial charge in [-0.3, -0.25) is 4.79 Å². The van der Waals surface area contributed by atoms with Gasteiger partial charge in [0.15, 0.2) is 11.0 Å². The number of nitrogens with one attached hydrogen (secondary N) is 2. The molecule has 0 atom stereocenters. The van der Waals surface area contributed by atoms with Gasteiger partial charge in [0, 0.05) is 34.9 Å². The molecule has 4 aromatic rings. The first-order chi connectivity index (χ1) is 13.9. The van der Waals surface area contributed by atoms with Gasteiger partial charge in [-0.2, -0.15) is 0 Å². The molecule has 2 aromatic carbocycles. The normalized spacial score (nSPS) is 11.3. The summed E-state index contributed by atoms with van der Waals surface area (Å²) in [7, 11) is 1.87. The van der Waals surface area contributed by atoms with Crippen molar-refractivity contribution in [3.05, 3.63) is 65.2 Å². The van der Waals surface area contributed by atoms with Gasteiger partial charge >= 0.3 is 0 Å². The molecule has 0 radical (unpaired) electrons. The molecule has 10 heteroatoms. The number of benzene rings is 2. The van der Waals surface area contributed by atoms with Gasteiger partial charge in [0.25, 0.3) is 12.3 Å². The summed E-state index contributed by atoms with van der Waals surface area (Å²) in [4.78, 5) is 24.1. The third kappa shape index (κ3) is 4.10. The van der Waals surface area contributed by atoms with Gasteiger partial charge in [-0.15, -0.1) is 0 Å². The van der Waals surface area contributed by atoms with Crippen LogP contribution in [0, 0.1) is 0 Å². The lowest BCUT2D eigenvalue weighted by Crippen LogP contribution is -2.12. The number of hydrogen-bond donors (Lipinski definition) is 2. The van der Waals surface area contributed by atoms with E-state index in [1.165, 1.54) is 30.0 Å². The van der Waals surface area contributed by atoms with E-state index in [1.54, 1.807) is 24.4 Å². The fourth-order valence-corrected chi connectivity index (χ4v) is 3.75. The van der Waals surface area contributed by atoms with E-state index in [0.717, 1.165) is 10.1 Å². The maximum atomic E-state index is 12.8. The second kappa shape index (κ2) is 7.84. The number of carbonyl (C=O) groups is 1. The molecule has 2 N–H and O–H groups in total. The van der Waals surface area contributed by atoms with Crippen LogP contribution in [0.4, 0.5) is 14.5 Å². The number of anilines is 1. The second-order valence-corrected chi connectivity index (χ2v) is 7.62. The number of hydrogen-bond acceptors (Lipinski definition) is 4. The molecule has 0 fully saturated rings. The number of imidazole rings is 2. The standard InChI is InChI=1S/C19H14ClF2N5OS/c1-27-7-6-23-19(27)29-15-5-3-11(20)9-14(15)26-18(28)10-2-4-12-13(8-10)25-17(24-12)16(21)22/h2-9,16H,1H3,(H,24,25)(H,26,28). The van der Waals surface area contributed by atoms with E-state index in [0.29, 0.717) is 27.3 Å². The molecular weight excluding hydrogens is 420 g/mol. The lowest BCUT2D eigenvalue weighted by molar-refractivity contribution is 0.102. The van der Waals surface area contributed by atoms with Crippen molar-refractivity contribution in [2.75, 3.05) is 5.32 Å². The Morgan fingerprint density at radius 2 is 2.10 bits per heavy atom. The third-order valence-corrected chi connectivity index (χ3v) is 5.52. The number of H-pyrrole nitrogens is 1. The molecule has 2 aromatic heterocycles. The molecule has 29 heavy (non-hydrogen) atoms. The van der Waals surface area contributed by atoms with E-state index in [4.69, 9.17) is 11.6 Å². The van der Waals surface area contributed by atoms with Gasteiger partial charge in [-0.05, 0) is 48.2 Å². The van der Waals surface area contributed by atoms with Crippen molar-refractivity contribution < 1.29 is 13.6 Å². The molecule has 0 bridgehead atoms. The topological polar surface area (TPSA) is 75.6 Å². The molecule has 0 saturated carbocycles. The smallest absolute Gasteiger partial charge is 0.295 e. The molecule has 0 aliphatic rings. The van der Waals surface area contributed by atoms with E-state index in [-0.39, 0.29) is 0 Å². The number of fused-ring (bicyclic) bond motifs is 1. The van der Waals surface area contributed by atoms with Gasteiger partial charge in [0.05, 0.1) is 16.7 Å². The van der Waals surface area contributed by atoms with Crippen LogP contribution in [0.2, 0.25) is 5.02 Å². The van der Waals surface area contributed by atoms with Crippen molar-refractivity contribution in [3.8, 4) is 0 Å². The van der Waals surface area contributed by atoms with Crippen LogP contribution in [0.5, 0.6) is 0 Å². The number of aryl methyl sites for hydroxylation is 1. The molecule has 6 nitrogen and oxygen atoms in total. The molecule has 1 amide bonds. The maximum Gasteiger partial charge on any atom is 0.295 e. The fourth-order valence-electron chi connectivity index (χ4n) is 2.71. The van der Waals surface area contributed by atoms with Crippen LogP contribution in [0.25, 0.3) is 11.0 Å². The van der Waals surface area contributed by atoms with E-state index in [9.17, 15) is 13.6 Å². The van der Waals surface area contributed by atoms with Crippen LogP contribution >= 0.6 is 23.4 Å². The summed E-state index contributed by atoms with van der Waals surface area (Å²) in [5.41, 5.74) is 1.55. The minimum atomic E-state index is -2.71. The minimum absolute atomic E-state index is 0.301. The Morgan fingerprint density at radius 1 is 1.28 bits per heavy atom. The van der Waals surface area contributed by atoms with Crippen LogP contribution < -0.4 is 5.32 Å². The van der Waals surface area contributed by atoms with Crippen molar-refractivity contribution in [2.24, 2.45) is 7.05 Å². The van der Waals surface area contributed by atoms with Crippen molar-refractivity contribution in [2.45, 2.75) is 16.5 Å². The molecule has 2 heterocycles. The number of alkyl halides is 2. The first-order valence-electron chi connectivity index (χ1n) is 8.44. The first kappa shape index (κ1) is 19.4. The third-order valence-electron chi connectivity index (χ3n) is 4.14. The van der Waals surface area contributed by atoms with E-state index in [1.807, 2.05) is 17.8 Å². The van der Waals surface area contributed by atoms with E-state index < -0.39 is 18.2 Å². The summed E-state index contributed by atoms with van der Waals surface area (Å²) >= 11 is 7.49. The number of rotatable bonds is 5. The number of aromatic nitrogens is 4. The van der Waals surface area contributed by atoms with Crippen LogP contribution in [-0.4, -0.2) is 25.4 Å². The SMILES string of the molecule is Cn1ccnc1Sc1ccc(Cl)cc1NC(=O)c1ccc2nc(C(F)F)[nH]c2c1. The van der Waals surface area contributed by atoms with Crippen LogP contribution in [0.3, 0.4) is 0 Å². The van der Waals surface area contributed by atoms with Gasteiger partial charge in [-0.1, -0.05) is 11.6 Å². The number of halogens is 3. The lowest BCUT2D eigenvalue weighted by Gasteiger charge is -2.11. The van der Waals surface area contributed by atoms with Crippen molar-refractivity contribution in [1.82, 2.24) is 19.5 Å². The summed E-state index contributed by atoms with van der Waals surface area (Å²) in [5.74, 6) is -0.829. The molecule has 4 rings (SSSR count).